The average Bonchev–Trinajstić information content (AvgIpc) is 2.50. The van der Waals surface area contributed by atoms with Crippen molar-refractivity contribution in [2.24, 2.45) is 10.2 Å². The Morgan fingerprint density at radius 3 is 2.29 bits per heavy atom. The predicted octanol–water partition coefficient (Wildman–Crippen LogP) is 4.85. The van der Waals surface area contributed by atoms with Gasteiger partial charge in [-0.05, 0) is 48.5 Å². The number of rotatable bonds is 4. The van der Waals surface area contributed by atoms with Crippen LogP contribution in [-0.4, -0.2) is 10.9 Å². The van der Waals surface area contributed by atoms with Gasteiger partial charge in [0.25, 0.3) is 0 Å². The van der Waals surface area contributed by atoms with E-state index < -0.39 is 11.6 Å². The number of Topliss-reactive ketones (excluding diaryl/α,β-unsaturated/α-hetero) is 1. The zero-order valence-corrected chi connectivity index (χ0v) is 11.5. The summed E-state index contributed by atoms with van der Waals surface area (Å²) in [5, 5.41) is 17.0. The molecule has 0 spiro atoms. The van der Waals surface area contributed by atoms with E-state index in [9.17, 15) is 9.18 Å². The summed E-state index contributed by atoms with van der Waals surface area (Å²) in [6.45, 7) is 0. The summed E-state index contributed by atoms with van der Waals surface area (Å²) in [6.07, 6.45) is 0.573. The van der Waals surface area contributed by atoms with Gasteiger partial charge in [0.15, 0.2) is 5.70 Å². The summed E-state index contributed by atoms with van der Waals surface area (Å²) < 4.78 is 12.7. The second kappa shape index (κ2) is 6.76. The molecule has 0 saturated carbocycles. The van der Waals surface area contributed by atoms with Crippen LogP contribution in [0, 0.1) is 5.82 Å². The van der Waals surface area contributed by atoms with E-state index in [-0.39, 0.29) is 5.70 Å². The van der Waals surface area contributed by atoms with Crippen molar-refractivity contribution in [3.63, 3.8) is 0 Å². The number of azo groups is 1. The molecule has 0 heterocycles. The number of hydrogen-bond acceptors (Lipinski definition) is 4. The zero-order chi connectivity index (χ0) is 15.2. The Labute approximate surface area is 125 Å². The molecular weight excluding hydrogens is 295 g/mol. The minimum atomic E-state index is -0.500. The summed E-state index contributed by atoms with van der Waals surface area (Å²) in [7, 11) is 0. The summed E-state index contributed by atoms with van der Waals surface area (Å²) in [5.41, 5.74) is 0.444. The van der Waals surface area contributed by atoms with Gasteiger partial charge < -0.3 is 5.11 Å². The number of carbonyl (C=O) groups excluding carboxylic acids is 1. The minimum Gasteiger partial charge on any atom is -0.513 e. The van der Waals surface area contributed by atoms with E-state index in [1.807, 2.05) is 0 Å². The van der Waals surface area contributed by atoms with Gasteiger partial charge in [-0.15, -0.1) is 5.11 Å². The van der Waals surface area contributed by atoms with Crippen molar-refractivity contribution in [2.75, 3.05) is 0 Å². The smallest absolute Gasteiger partial charge is 0.216 e. The lowest BCUT2D eigenvalue weighted by Gasteiger charge is -2.00. The molecule has 0 bridgehead atoms. The van der Waals surface area contributed by atoms with E-state index in [1.54, 1.807) is 12.1 Å². The average molecular weight is 305 g/mol. The quantitative estimate of drug-likeness (QED) is 0.380. The van der Waals surface area contributed by atoms with Crippen LogP contribution in [0.2, 0.25) is 5.02 Å². The Bertz CT molecular complexity index is 695. The summed E-state index contributed by atoms with van der Waals surface area (Å²) >= 11 is 5.74. The fourth-order valence-electron chi connectivity index (χ4n) is 1.50. The van der Waals surface area contributed by atoms with Gasteiger partial charge in [0.2, 0.25) is 5.78 Å². The topological polar surface area (TPSA) is 62.0 Å². The number of nitrogens with zero attached hydrogens (tertiary/aromatic N) is 2. The fraction of sp³-hybridized carbons (Fsp3) is 0. The van der Waals surface area contributed by atoms with Crippen LogP contribution < -0.4 is 0 Å². The Balaban J connectivity index is 2.18. The predicted molar refractivity (Wildman–Crippen MR) is 77.4 cm³/mol. The Morgan fingerprint density at radius 2 is 1.71 bits per heavy atom. The van der Waals surface area contributed by atoms with Crippen LogP contribution in [-0.2, 0) is 0 Å². The molecule has 0 atom stereocenters. The third-order valence-corrected chi connectivity index (χ3v) is 2.81. The highest BCUT2D eigenvalue weighted by Gasteiger charge is 2.12. The third-order valence-electron chi connectivity index (χ3n) is 2.56. The van der Waals surface area contributed by atoms with Crippen LogP contribution in [0.1, 0.15) is 10.4 Å². The number of aliphatic hydroxyl groups excluding tert-OH is 1. The first-order valence-electron chi connectivity index (χ1n) is 5.92. The Kier molecular flexibility index (Phi) is 4.79. The fourth-order valence-corrected chi connectivity index (χ4v) is 1.62. The first-order valence-corrected chi connectivity index (χ1v) is 6.30. The zero-order valence-electron chi connectivity index (χ0n) is 10.7. The Hall–Kier alpha value is -2.53. The van der Waals surface area contributed by atoms with Crippen molar-refractivity contribution in [3.8, 4) is 0 Å². The molecule has 0 saturated heterocycles. The molecule has 21 heavy (non-hydrogen) atoms. The van der Waals surface area contributed by atoms with Gasteiger partial charge in [-0.2, -0.15) is 5.11 Å². The first-order chi connectivity index (χ1) is 10.1. The van der Waals surface area contributed by atoms with E-state index in [2.05, 4.69) is 10.2 Å². The number of benzene rings is 2. The van der Waals surface area contributed by atoms with Gasteiger partial charge >= 0.3 is 0 Å². The third kappa shape index (κ3) is 3.97. The molecule has 2 aromatic carbocycles. The molecule has 0 amide bonds. The molecule has 0 aliphatic carbocycles. The van der Waals surface area contributed by atoms with E-state index in [1.165, 1.54) is 36.4 Å². The molecule has 0 unspecified atom stereocenters. The van der Waals surface area contributed by atoms with E-state index in [4.69, 9.17) is 16.7 Å². The molecular formula is C15H10ClFN2O2. The summed E-state index contributed by atoms with van der Waals surface area (Å²) in [4.78, 5) is 12.1. The molecule has 4 nitrogen and oxygen atoms in total. The molecule has 0 aromatic heterocycles. The number of ketones is 1. The number of hydrogen-bond donors (Lipinski definition) is 1. The molecule has 0 aliphatic rings. The second-order valence-electron chi connectivity index (χ2n) is 4.03. The molecule has 0 radical (unpaired) electrons. The monoisotopic (exact) mass is 304 g/mol. The van der Waals surface area contributed by atoms with Gasteiger partial charge in [0, 0.05) is 10.6 Å². The van der Waals surface area contributed by atoms with Crippen molar-refractivity contribution in [2.45, 2.75) is 0 Å². The van der Waals surface area contributed by atoms with Gasteiger partial charge in [0.1, 0.15) is 12.1 Å². The Morgan fingerprint density at radius 1 is 1.10 bits per heavy atom. The van der Waals surface area contributed by atoms with Crippen LogP contribution in [0.25, 0.3) is 0 Å². The van der Waals surface area contributed by atoms with Crippen LogP contribution >= 0.6 is 11.6 Å². The van der Waals surface area contributed by atoms with Crippen molar-refractivity contribution in [1.29, 1.82) is 0 Å². The van der Waals surface area contributed by atoms with Crippen LogP contribution in [0.5, 0.6) is 0 Å². The van der Waals surface area contributed by atoms with Crippen molar-refractivity contribution in [1.82, 2.24) is 0 Å². The maximum Gasteiger partial charge on any atom is 0.216 e. The molecule has 6 heteroatoms. The van der Waals surface area contributed by atoms with Crippen LogP contribution in [0.3, 0.4) is 0 Å². The number of aliphatic hydroxyl groups is 1. The van der Waals surface area contributed by atoms with Crippen molar-refractivity contribution >= 4 is 23.1 Å². The van der Waals surface area contributed by atoms with E-state index in [0.717, 1.165) is 0 Å². The SMILES string of the molecule is O=C(C(=CO)N=Nc1ccc(F)cc1)c1ccc(Cl)cc1. The highest BCUT2D eigenvalue weighted by molar-refractivity contribution is 6.30. The van der Waals surface area contributed by atoms with Crippen molar-refractivity contribution in [3.05, 3.63) is 76.9 Å². The number of halogens is 2. The highest BCUT2D eigenvalue weighted by atomic mass is 35.5. The lowest BCUT2D eigenvalue weighted by molar-refractivity contribution is 0.102. The normalized spacial score (nSPS) is 11.8. The minimum absolute atomic E-state index is 0.235. The van der Waals surface area contributed by atoms with E-state index in [0.29, 0.717) is 22.5 Å². The van der Waals surface area contributed by atoms with Crippen molar-refractivity contribution < 1.29 is 14.3 Å². The van der Waals surface area contributed by atoms with Gasteiger partial charge in [-0.25, -0.2) is 4.39 Å². The maximum atomic E-state index is 12.7. The lowest BCUT2D eigenvalue weighted by Crippen LogP contribution is -2.01. The van der Waals surface area contributed by atoms with Gasteiger partial charge in [-0.1, -0.05) is 11.6 Å². The van der Waals surface area contributed by atoms with E-state index >= 15 is 0 Å². The molecule has 1 N–H and O–H groups in total. The largest absolute Gasteiger partial charge is 0.513 e. The van der Waals surface area contributed by atoms with Gasteiger partial charge in [0.05, 0.1) is 5.69 Å². The number of allylic oxidation sites excluding steroid dienone is 1. The molecule has 106 valence electrons. The maximum absolute atomic E-state index is 12.7. The molecule has 2 rings (SSSR count). The molecule has 0 aliphatic heterocycles. The van der Waals surface area contributed by atoms with Crippen LogP contribution in [0.4, 0.5) is 10.1 Å². The highest BCUT2D eigenvalue weighted by Crippen LogP contribution is 2.17. The summed E-state index contributed by atoms with van der Waals surface area (Å²) in [6, 6.07) is 11.4. The van der Waals surface area contributed by atoms with Crippen LogP contribution in [0.15, 0.2) is 70.7 Å². The lowest BCUT2D eigenvalue weighted by atomic mass is 10.1. The second-order valence-corrected chi connectivity index (χ2v) is 4.46. The number of carbonyl (C=O) groups is 1. The van der Waals surface area contributed by atoms with Gasteiger partial charge in [-0.3, -0.25) is 4.79 Å². The molecule has 2 aromatic rings. The molecule has 0 fully saturated rings. The summed E-state index contributed by atoms with van der Waals surface area (Å²) in [5.74, 6) is -0.899. The first kappa shape index (κ1) is 14.9. The standard InChI is InChI=1S/C15H10ClFN2O2/c16-11-3-1-10(2-4-11)15(21)14(9-20)19-18-13-7-5-12(17)6-8-13/h1-9,20H.